The highest BCUT2D eigenvalue weighted by Crippen LogP contribution is 2.34. The van der Waals surface area contributed by atoms with Crippen molar-refractivity contribution in [2.75, 3.05) is 53.0 Å². The minimum atomic E-state index is -0.552. The predicted octanol–water partition coefficient (Wildman–Crippen LogP) is 0.895. The molecule has 3 aliphatic rings. The first kappa shape index (κ1) is 22.7. The Hall–Kier alpha value is -2.45. The van der Waals surface area contributed by atoms with Crippen LogP contribution in [-0.4, -0.2) is 97.5 Å². The number of nitrogens with zero attached hydrogens (tertiary/aromatic N) is 3. The van der Waals surface area contributed by atoms with E-state index in [0.717, 1.165) is 31.5 Å². The van der Waals surface area contributed by atoms with Crippen LogP contribution in [0.4, 0.5) is 0 Å². The van der Waals surface area contributed by atoms with E-state index in [1.165, 1.54) is 0 Å². The van der Waals surface area contributed by atoms with Crippen LogP contribution in [0.5, 0.6) is 0 Å². The second kappa shape index (κ2) is 10.0. The minimum Gasteiger partial charge on any atom is -0.383 e. The minimum absolute atomic E-state index is 0.0139. The molecule has 2 unspecified atom stereocenters. The van der Waals surface area contributed by atoms with Gasteiger partial charge in [-0.2, -0.15) is 0 Å². The molecule has 1 aliphatic carbocycles. The van der Waals surface area contributed by atoms with Gasteiger partial charge >= 0.3 is 0 Å². The summed E-state index contributed by atoms with van der Waals surface area (Å²) in [6.45, 7) is 6.07. The Labute approximate surface area is 189 Å². The average molecular weight is 443 g/mol. The van der Waals surface area contributed by atoms with Crippen molar-refractivity contribution >= 4 is 17.7 Å². The molecule has 2 heterocycles. The molecule has 2 atom stereocenters. The molecule has 8 nitrogen and oxygen atoms in total. The summed E-state index contributed by atoms with van der Waals surface area (Å²) in [7, 11) is 1.62. The van der Waals surface area contributed by atoms with E-state index in [1.54, 1.807) is 12.0 Å². The molecule has 3 amide bonds. The van der Waals surface area contributed by atoms with Gasteiger partial charge in [-0.15, -0.1) is 0 Å². The maximum atomic E-state index is 13.5. The zero-order valence-corrected chi connectivity index (χ0v) is 19.1. The van der Waals surface area contributed by atoms with Crippen LogP contribution in [0.3, 0.4) is 0 Å². The molecule has 1 saturated carbocycles. The largest absolute Gasteiger partial charge is 0.383 e. The van der Waals surface area contributed by atoms with Gasteiger partial charge in [-0.25, -0.2) is 0 Å². The maximum Gasteiger partial charge on any atom is 0.254 e. The van der Waals surface area contributed by atoms with Gasteiger partial charge in [0.05, 0.1) is 12.6 Å². The third kappa shape index (κ3) is 4.96. The number of nitrogens with one attached hydrogen (secondary N) is 1. The van der Waals surface area contributed by atoms with Crippen molar-refractivity contribution < 1.29 is 19.1 Å². The Kier molecular flexibility index (Phi) is 7.10. The second-order valence-corrected chi connectivity index (χ2v) is 9.10. The maximum absolute atomic E-state index is 13.5. The Balaban J connectivity index is 1.58. The van der Waals surface area contributed by atoms with Crippen LogP contribution in [0.25, 0.3) is 0 Å². The Morgan fingerprint density at radius 2 is 1.81 bits per heavy atom. The van der Waals surface area contributed by atoms with Crippen LogP contribution < -0.4 is 5.32 Å². The number of benzene rings is 1. The van der Waals surface area contributed by atoms with Crippen molar-refractivity contribution in [2.24, 2.45) is 5.92 Å². The summed E-state index contributed by atoms with van der Waals surface area (Å²) in [4.78, 5) is 45.4. The smallest absolute Gasteiger partial charge is 0.254 e. The van der Waals surface area contributed by atoms with E-state index < -0.39 is 6.04 Å². The highest BCUT2D eigenvalue weighted by Gasteiger charge is 2.46. The summed E-state index contributed by atoms with van der Waals surface area (Å²) in [5, 5.41) is 3.27. The van der Waals surface area contributed by atoms with E-state index >= 15 is 0 Å². The van der Waals surface area contributed by atoms with Crippen molar-refractivity contribution in [1.29, 1.82) is 0 Å². The van der Waals surface area contributed by atoms with E-state index in [9.17, 15) is 14.4 Å². The Morgan fingerprint density at radius 3 is 2.44 bits per heavy atom. The lowest BCUT2D eigenvalue weighted by molar-refractivity contribution is -0.137. The van der Waals surface area contributed by atoms with Gasteiger partial charge in [-0.1, -0.05) is 17.7 Å². The fraction of sp³-hybridized carbons (Fsp3) is 0.625. The average Bonchev–Trinajstić information content (AvgIpc) is 3.58. The molecule has 4 rings (SSSR count). The number of methoxy groups -OCH3 is 1. The van der Waals surface area contributed by atoms with Crippen LogP contribution >= 0.6 is 0 Å². The summed E-state index contributed by atoms with van der Waals surface area (Å²) in [6, 6.07) is 6.73. The number of amides is 3. The molecule has 0 spiro atoms. The van der Waals surface area contributed by atoms with Crippen LogP contribution in [-0.2, 0) is 14.3 Å². The van der Waals surface area contributed by atoms with Gasteiger partial charge in [-0.05, 0) is 38.3 Å². The van der Waals surface area contributed by atoms with Crippen LogP contribution in [0, 0.1) is 12.8 Å². The first-order chi connectivity index (χ1) is 15.5. The third-order valence-electron chi connectivity index (χ3n) is 6.74. The summed E-state index contributed by atoms with van der Waals surface area (Å²) < 4.78 is 5.25. The Bertz CT molecular complexity index is 833. The number of hydrogen-bond acceptors (Lipinski definition) is 5. The van der Waals surface area contributed by atoms with Gasteiger partial charge in [0.2, 0.25) is 11.8 Å². The number of likely N-dealkylation sites (tertiary alicyclic amines) is 1. The second-order valence-electron chi connectivity index (χ2n) is 9.10. The molecule has 8 heteroatoms. The van der Waals surface area contributed by atoms with Gasteiger partial charge in [0.15, 0.2) is 0 Å². The fourth-order valence-electron chi connectivity index (χ4n) is 4.68. The number of ether oxygens (including phenoxy) is 1. The number of hydrogen-bond donors (Lipinski definition) is 1. The zero-order chi connectivity index (χ0) is 22.7. The normalized spacial score (nSPS) is 23.3. The molecule has 0 radical (unpaired) electrons. The van der Waals surface area contributed by atoms with Crippen molar-refractivity contribution in [3.05, 3.63) is 35.4 Å². The zero-order valence-electron chi connectivity index (χ0n) is 19.1. The van der Waals surface area contributed by atoms with Crippen LogP contribution in [0.2, 0.25) is 0 Å². The van der Waals surface area contributed by atoms with Gasteiger partial charge in [0.25, 0.3) is 5.91 Å². The standard InChI is InChI=1S/C24H34N4O4/c1-17-3-5-18(6-4-17)23(30)28-16-20(27(13-14-32-2)22(29)19-7-8-19)15-21(28)24(31)26-11-9-25-10-12-26/h3-6,19-21,25H,7-16H2,1-2H3. The first-order valence-corrected chi connectivity index (χ1v) is 11.7. The summed E-state index contributed by atoms with van der Waals surface area (Å²) in [5.74, 6) is 0.0488. The first-order valence-electron chi connectivity index (χ1n) is 11.7. The predicted molar refractivity (Wildman–Crippen MR) is 120 cm³/mol. The van der Waals surface area contributed by atoms with E-state index in [-0.39, 0.29) is 29.7 Å². The molecule has 0 bridgehead atoms. The van der Waals surface area contributed by atoms with Gasteiger partial charge in [-0.3, -0.25) is 14.4 Å². The molecule has 2 saturated heterocycles. The van der Waals surface area contributed by atoms with Gasteiger partial charge in [0, 0.05) is 57.9 Å². The molecular weight excluding hydrogens is 408 g/mol. The highest BCUT2D eigenvalue weighted by molar-refractivity contribution is 5.98. The molecule has 0 aromatic heterocycles. The lowest BCUT2D eigenvalue weighted by Crippen LogP contribution is -2.53. The monoisotopic (exact) mass is 442 g/mol. The van der Waals surface area contributed by atoms with E-state index in [2.05, 4.69) is 5.32 Å². The molecule has 174 valence electrons. The number of carbonyl (C=O) groups is 3. The highest BCUT2D eigenvalue weighted by atomic mass is 16.5. The molecule has 1 aromatic carbocycles. The topological polar surface area (TPSA) is 82.2 Å². The van der Waals surface area contributed by atoms with Crippen molar-refractivity contribution in [1.82, 2.24) is 20.0 Å². The van der Waals surface area contributed by atoms with Gasteiger partial charge < -0.3 is 24.8 Å². The van der Waals surface area contributed by atoms with Crippen molar-refractivity contribution in [2.45, 2.75) is 38.3 Å². The Morgan fingerprint density at radius 1 is 1.12 bits per heavy atom. The number of piperazine rings is 1. The third-order valence-corrected chi connectivity index (χ3v) is 6.74. The number of rotatable bonds is 7. The van der Waals surface area contributed by atoms with Crippen molar-refractivity contribution in [3.8, 4) is 0 Å². The summed E-state index contributed by atoms with van der Waals surface area (Å²) >= 11 is 0. The summed E-state index contributed by atoms with van der Waals surface area (Å²) in [5.41, 5.74) is 1.65. The number of carbonyl (C=O) groups excluding carboxylic acids is 3. The molecular formula is C24H34N4O4. The quantitative estimate of drug-likeness (QED) is 0.678. The molecule has 2 aliphatic heterocycles. The molecule has 1 N–H and O–H groups in total. The van der Waals surface area contributed by atoms with E-state index in [1.807, 2.05) is 41.0 Å². The molecule has 32 heavy (non-hydrogen) atoms. The molecule has 1 aromatic rings. The van der Waals surface area contributed by atoms with Gasteiger partial charge in [0.1, 0.15) is 6.04 Å². The van der Waals surface area contributed by atoms with Crippen molar-refractivity contribution in [3.63, 3.8) is 0 Å². The molecule has 3 fully saturated rings. The lowest BCUT2D eigenvalue weighted by Gasteiger charge is -2.32. The van der Waals surface area contributed by atoms with Crippen LogP contribution in [0.1, 0.15) is 35.2 Å². The fourth-order valence-corrected chi connectivity index (χ4v) is 4.68. The van der Waals surface area contributed by atoms with E-state index in [4.69, 9.17) is 4.74 Å². The number of aryl methyl sites for hydroxylation is 1. The van der Waals surface area contributed by atoms with Crippen LogP contribution in [0.15, 0.2) is 24.3 Å². The summed E-state index contributed by atoms with van der Waals surface area (Å²) in [6.07, 6.45) is 2.32. The van der Waals surface area contributed by atoms with E-state index in [0.29, 0.717) is 44.8 Å². The SMILES string of the molecule is COCCN(C(=O)C1CC1)C1CC(C(=O)N2CCNCC2)N(C(=O)c2ccc(C)cc2)C1. The lowest BCUT2D eigenvalue weighted by atomic mass is 10.1.